The molecule has 0 radical (unpaired) electrons. The molecule has 1 aliphatic heterocycles. The first-order valence-corrected chi connectivity index (χ1v) is 5.97. The molecule has 0 aromatic carbocycles. The second-order valence-electron chi connectivity index (χ2n) is 4.01. The number of likely N-dealkylation sites (tertiary alicyclic amines) is 1. The summed E-state index contributed by atoms with van der Waals surface area (Å²) in [5.41, 5.74) is 5.95. The fourth-order valence-electron chi connectivity index (χ4n) is 1.76. The van der Waals surface area contributed by atoms with Crippen molar-refractivity contribution in [2.24, 2.45) is 5.73 Å². The summed E-state index contributed by atoms with van der Waals surface area (Å²) in [5.74, 6) is 0. The van der Waals surface area contributed by atoms with E-state index in [1.165, 1.54) is 0 Å². The normalized spacial score (nSPS) is 25.6. The number of carbonyl (C=O) groups is 1. The minimum Gasteiger partial charge on any atom is -0.450 e. The molecule has 2 N–H and O–H groups in total. The molecule has 94 valence electrons. The second-order valence-corrected chi connectivity index (χ2v) is 4.01. The van der Waals surface area contributed by atoms with Gasteiger partial charge in [-0.3, -0.25) is 0 Å². The van der Waals surface area contributed by atoms with E-state index in [4.69, 9.17) is 15.2 Å². The number of rotatable bonds is 4. The first kappa shape index (κ1) is 13.3. The van der Waals surface area contributed by atoms with Crippen molar-refractivity contribution in [1.29, 1.82) is 0 Å². The molecule has 0 spiro atoms. The van der Waals surface area contributed by atoms with Gasteiger partial charge in [0.15, 0.2) is 0 Å². The van der Waals surface area contributed by atoms with Crippen LogP contribution in [0.1, 0.15) is 26.7 Å². The van der Waals surface area contributed by atoms with Crippen LogP contribution < -0.4 is 5.73 Å². The summed E-state index contributed by atoms with van der Waals surface area (Å²) >= 11 is 0. The monoisotopic (exact) mass is 230 g/mol. The van der Waals surface area contributed by atoms with Crippen molar-refractivity contribution in [2.45, 2.75) is 38.8 Å². The van der Waals surface area contributed by atoms with E-state index in [0.717, 1.165) is 12.8 Å². The van der Waals surface area contributed by atoms with Crippen molar-refractivity contribution < 1.29 is 14.3 Å². The molecule has 1 aliphatic rings. The van der Waals surface area contributed by atoms with Crippen molar-refractivity contribution in [3.05, 3.63) is 0 Å². The lowest BCUT2D eigenvalue weighted by molar-refractivity contribution is -0.0126. The molecule has 0 aliphatic carbocycles. The van der Waals surface area contributed by atoms with Crippen molar-refractivity contribution in [3.8, 4) is 0 Å². The zero-order chi connectivity index (χ0) is 12.0. The molecule has 1 amide bonds. The average Bonchev–Trinajstić information content (AvgIpc) is 2.28. The summed E-state index contributed by atoms with van der Waals surface area (Å²) in [6.07, 6.45) is 1.41. The molecule has 2 atom stereocenters. The molecule has 1 heterocycles. The third kappa shape index (κ3) is 3.64. The summed E-state index contributed by atoms with van der Waals surface area (Å²) in [4.78, 5) is 13.2. The lowest BCUT2D eigenvalue weighted by Gasteiger charge is -2.35. The number of amides is 1. The van der Waals surface area contributed by atoms with Gasteiger partial charge in [0.1, 0.15) is 0 Å². The standard InChI is InChI=1S/C11H22N2O3/c1-3-7-16-10-8-13(6-5-9(10)12)11(14)15-4-2/h9-10H,3-8,12H2,1-2H3/t9-,10+/m1/s1. The zero-order valence-corrected chi connectivity index (χ0v) is 10.1. The molecule has 0 bridgehead atoms. The van der Waals surface area contributed by atoms with Gasteiger partial charge in [-0.1, -0.05) is 6.92 Å². The van der Waals surface area contributed by atoms with E-state index in [1.54, 1.807) is 11.8 Å². The van der Waals surface area contributed by atoms with Crippen molar-refractivity contribution >= 4 is 6.09 Å². The summed E-state index contributed by atoms with van der Waals surface area (Å²) in [5, 5.41) is 0. The van der Waals surface area contributed by atoms with Crippen LogP contribution in [-0.4, -0.2) is 49.4 Å². The Balaban J connectivity index is 2.43. The van der Waals surface area contributed by atoms with Gasteiger partial charge in [-0.05, 0) is 19.8 Å². The minimum atomic E-state index is -0.264. The molecule has 0 saturated carbocycles. The van der Waals surface area contributed by atoms with Gasteiger partial charge < -0.3 is 20.1 Å². The quantitative estimate of drug-likeness (QED) is 0.781. The molecule has 0 aromatic heterocycles. The van der Waals surface area contributed by atoms with Gasteiger partial charge in [0, 0.05) is 19.2 Å². The molecular formula is C11H22N2O3. The van der Waals surface area contributed by atoms with E-state index in [-0.39, 0.29) is 18.2 Å². The maximum Gasteiger partial charge on any atom is 0.409 e. The third-order valence-corrected chi connectivity index (χ3v) is 2.67. The number of piperidine rings is 1. The van der Waals surface area contributed by atoms with Gasteiger partial charge >= 0.3 is 6.09 Å². The van der Waals surface area contributed by atoms with E-state index < -0.39 is 0 Å². The SMILES string of the molecule is CCCO[C@H]1CN(C(=O)OCC)CC[C@H]1N. The molecule has 0 aromatic rings. The fraction of sp³-hybridized carbons (Fsp3) is 0.909. The average molecular weight is 230 g/mol. The number of ether oxygens (including phenoxy) is 2. The number of nitrogens with zero attached hydrogens (tertiary/aromatic N) is 1. The van der Waals surface area contributed by atoms with Gasteiger partial charge in [-0.2, -0.15) is 0 Å². The smallest absolute Gasteiger partial charge is 0.409 e. The Kier molecular flexibility index (Phi) is 5.55. The Morgan fingerprint density at radius 3 is 2.88 bits per heavy atom. The van der Waals surface area contributed by atoms with Crippen LogP contribution in [0.25, 0.3) is 0 Å². The van der Waals surface area contributed by atoms with Crippen LogP contribution in [-0.2, 0) is 9.47 Å². The van der Waals surface area contributed by atoms with Gasteiger partial charge in [0.2, 0.25) is 0 Å². The summed E-state index contributed by atoms with van der Waals surface area (Å²) in [6.45, 7) is 6.15. The third-order valence-electron chi connectivity index (χ3n) is 2.67. The van der Waals surface area contributed by atoms with E-state index in [1.807, 2.05) is 0 Å². The molecule has 5 nitrogen and oxygen atoms in total. The molecular weight excluding hydrogens is 208 g/mol. The summed E-state index contributed by atoms with van der Waals surface area (Å²) < 4.78 is 10.6. The van der Waals surface area contributed by atoms with E-state index in [2.05, 4.69) is 6.92 Å². The van der Waals surface area contributed by atoms with Gasteiger partial charge in [0.25, 0.3) is 0 Å². The van der Waals surface area contributed by atoms with Crippen LogP contribution in [0.4, 0.5) is 4.79 Å². The van der Waals surface area contributed by atoms with Crippen molar-refractivity contribution in [2.75, 3.05) is 26.3 Å². The molecule has 5 heteroatoms. The Labute approximate surface area is 96.9 Å². The lowest BCUT2D eigenvalue weighted by atomic mass is 10.0. The second kappa shape index (κ2) is 6.70. The molecule has 1 fully saturated rings. The topological polar surface area (TPSA) is 64.8 Å². The van der Waals surface area contributed by atoms with Crippen molar-refractivity contribution in [1.82, 2.24) is 4.90 Å². The number of nitrogens with two attached hydrogens (primary N) is 1. The van der Waals surface area contributed by atoms with Crippen LogP contribution in [0.5, 0.6) is 0 Å². The first-order chi connectivity index (χ1) is 7.69. The van der Waals surface area contributed by atoms with Gasteiger partial charge in [0.05, 0.1) is 19.3 Å². The Morgan fingerprint density at radius 1 is 1.50 bits per heavy atom. The van der Waals surface area contributed by atoms with E-state index in [0.29, 0.717) is 26.3 Å². The highest BCUT2D eigenvalue weighted by atomic mass is 16.6. The predicted octanol–water partition coefficient (Wildman–Crippen LogP) is 0.971. The Morgan fingerprint density at radius 2 is 2.25 bits per heavy atom. The Bertz CT molecular complexity index is 223. The van der Waals surface area contributed by atoms with Crippen molar-refractivity contribution in [3.63, 3.8) is 0 Å². The number of carbonyl (C=O) groups excluding carboxylic acids is 1. The van der Waals surface area contributed by atoms with Crippen LogP contribution >= 0.6 is 0 Å². The first-order valence-electron chi connectivity index (χ1n) is 5.97. The highest BCUT2D eigenvalue weighted by molar-refractivity contribution is 5.67. The molecule has 1 saturated heterocycles. The van der Waals surface area contributed by atoms with Gasteiger partial charge in [-0.15, -0.1) is 0 Å². The summed E-state index contributed by atoms with van der Waals surface area (Å²) in [6, 6.07) is 0.0252. The van der Waals surface area contributed by atoms with Crippen LogP contribution in [0, 0.1) is 0 Å². The maximum atomic E-state index is 11.5. The van der Waals surface area contributed by atoms with E-state index in [9.17, 15) is 4.79 Å². The predicted molar refractivity (Wildman–Crippen MR) is 61.2 cm³/mol. The van der Waals surface area contributed by atoms with Crippen LogP contribution in [0.15, 0.2) is 0 Å². The van der Waals surface area contributed by atoms with Gasteiger partial charge in [-0.25, -0.2) is 4.79 Å². The Hall–Kier alpha value is -0.810. The van der Waals surface area contributed by atoms with E-state index >= 15 is 0 Å². The zero-order valence-electron chi connectivity index (χ0n) is 10.1. The number of hydrogen-bond acceptors (Lipinski definition) is 4. The van der Waals surface area contributed by atoms with Crippen LogP contribution in [0.2, 0.25) is 0 Å². The fourth-order valence-corrected chi connectivity index (χ4v) is 1.76. The largest absolute Gasteiger partial charge is 0.450 e. The minimum absolute atomic E-state index is 0.0252. The molecule has 0 unspecified atom stereocenters. The highest BCUT2D eigenvalue weighted by Gasteiger charge is 2.30. The maximum absolute atomic E-state index is 11.5. The van der Waals surface area contributed by atoms with Crippen LogP contribution in [0.3, 0.4) is 0 Å². The lowest BCUT2D eigenvalue weighted by Crippen LogP contribution is -2.53. The molecule has 1 rings (SSSR count). The molecule has 16 heavy (non-hydrogen) atoms. The summed E-state index contributed by atoms with van der Waals surface area (Å²) in [7, 11) is 0. The highest BCUT2D eigenvalue weighted by Crippen LogP contribution is 2.13. The number of hydrogen-bond donors (Lipinski definition) is 1.